The smallest absolute Gasteiger partial charge is 0.159 e. The van der Waals surface area contributed by atoms with Crippen LogP contribution in [0.1, 0.15) is 19.8 Å². The number of hydrogen-bond acceptors (Lipinski definition) is 2. The predicted octanol–water partition coefficient (Wildman–Crippen LogP) is 2.16. The molecule has 0 aromatic heterocycles. The molecule has 0 amide bonds. The standard InChI is InChI=1S/C13H16O2/c1-9-10-4-6-11(7-5-10)13(9)12(15)3-2-8-14/h2-4,6,8-11,13H,5,7H2,1H3. The summed E-state index contributed by atoms with van der Waals surface area (Å²) in [6.45, 7) is 2.15. The molecule has 0 saturated heterocycles. The Hall–Kier alpha value is -1.18. The lowest BCUT2D eigenvalue weighted by molar-refractivity contribution is -0.123. The minimum absolute atomic E-state index is 0.102. The van der Waals surface area contributed by atoms with Crippen LogP contribution in [0.25, 0.3) is 0 Å². The zero-order valence-corrected chi connectivity index (χ0v) is 8.93. The summed E-state index contributed by atoms with van der Waals surface area (Å²) in [5.74, 6) is 1.61. The molecular formula is C13H16O2. The van der Waals surface area contributed by atoms with E-state index in [-0.39, 0.29) is 11.7 Å². The fourth-order valence-electron chi connectivity index (χ4n) is 2.97. The number of carbonyl (C=O) groups is 2. The Labute approximate surface area is 90.1 Å². The Morgan fingerprint density at radius 3 is 2.47 bits per heavy atom. The SMILES string of the molecule is CC1C2C=CC(CC2)C1C(=O)C=CC=O. The lowest BCUT2D eigenvalue weighted by atomic mass is 9.62. The second-order valence-corrected chi connectivity index (χ2v) is 4.57. The summed E-state index contributed by atoms with van der Waals surface area (Å²) in [6.07, 6.45) is 10.2. The number of ketones is 1. The maximum atomic E-state index is 11.9. The summed E-state index contributed by atoms with van der Waals surface area (Å²) in [7, 11) is 0. The van der Waals surface area contributed by atoms with E-state index in [0.717, 1.165) is 6.42 Å². The molecule has 2 bridgehead atoms. The summed E-state index contributed by atoms with van der Waals surface area (Å²) in [4.78, 5) is 22.1. The lowest BCUT2D eigenvalue weighted by Gasteiger charge is -2.42. The van der Waals surface area contributed by atoms with Gasteiger partial charge in [-0.05, 0) is 42.7 Å². The van der Waals surface area contributed by atoms with E-state index in [0.29, 0.717) is 24.0 Å². The minimum atomic E-state index is 0.102. The van der Waals surface area contributed by atoms with Crippen LogP contribution >= 0.6 is 0 Å². The molecule has 0 aromatic carbocycles. The van der Waals surface area contributed by atoms with Gasteiger partial charge in [0.15, 0.2) is 5.78 Å². The Balaban J connectivity index is 2.16. The van der Waals surface area contributed by atoms with E-state index in [9.17, 15) is 9.59 Å². The van der Waals surface area contributed by atoms with Gasteiger partial charge in [0.05, 0.1) is 0 Å². The monoisotopic (exact) mass is 204 g/mol. The van der Waals surface area contributed by atoms with Crippen LogP contribution in [0, 0.1) is 23.7 Å². The molecule has 2 nitrogen and oxygen atoms in total. The Kier molecular flexibility index (Phi) is 2.85. The lowest BCUT2D eigenvalue weighted by Crippen LogP contribution is -2.39. The van der Waals surface area contributed by atoms with Crippen molar-refractivity contribution in [3.63, 3.8) is 0 Å². The van der Waals surface area contributed by atoms with Gasteiger partial charge in [-0.3, -0.25) is 9.59 Å². The summed E-state index contributed by atoms with van der Waals surface area (Å²) < 4.78 is 0. The molecule has 4 unspecified atom stereocenters. The molecule has 3 aliphatic carbocycles. The van der Waals surface area contributed by atoms with Crippen molar-refractivity contribution >= 4 is 12.1 Å². The fraction of sp³-hybridized carbons (Fsp3) is 0.538. The van der Waals surface area contributed by atoms with Crippen molar-refractivity contribution < 1.29 is 9.59 Å². The third kappa shape index (κ3) is 1.81. The van der Waals surface area contributed by atoms with Crippen molar-refractivity contribution in [3.05, 3.63) is 24.3 Å². The van der Waals surface area contributed by atoms with Crippen LogP contribution in [0.3, 0.4) is 0 Å². The maximum absolute atomic E-state index is 11.9. The number of rotatable bonds is 3. The molecule has 0 N–H and O–H groups in total. The normalized spacial score (nSPS) is 38.5. The van der Waals surface area contributed by atoms with Crippen molar-refractivity contribution in [1.29, 1.82) is 0 Å². The van der Waals surface area contributed by atoms with Gasteiger partial charge in [-0.2, -0.15) is 0 Å². The van der Waals surface area contributed by atoms with Gasteiger partial charge in [0.25, 0.3) is 0 Å². The van der Waals surface area contributed by atoms with Crippen molar-refractivity contribution in [2.24, 2.45) is 23.7 Å². The zero-order chi connectivity index (χ0) is 10.8. The summed E-state index contributed by atoms with van der Waals surface area (Å²) >= 11 is 0. The van der Waals surface area contributed by atoms with E-state index in [1.54, 1.807) is 0 Å². The first kappa shape index (κ1) is 10.3. The second-order valence-electron chi connectivity index (χ2n) is 4.57. The topological polar surface area (TPSA) is 34.1 Å². The molecule has 1 fully saturated rings. The van der Waals surface area contributed by atoms with Crippen LogP contribution in [0.4, 0.5) is 0 Å². The van der Waals surface area contributed by atoms with Crippen LogP contribution < -0.4 is 0 Å². The van der Waals surface area contributed by atoms with Crippen molar-refractivity contribution in [3.8, 4) is 0 Å². The fourth-order valence-corrected chi connectivity index (χ4v) is 2.97. The molecule has 2 heteroatoms. The van der Waals surface area contributed by atoms with Crippen molar-refractivity contribution in [2.45, 2.75) is 19.8 Å². The third-order valence-electron chi connectivity index (χ3n) is 3.81. The Bertz CT molecular complexity index is 327. The molecule has 0 aromatic rings. The molecule has 0 spiro atoms. The zero-order valence-electron chi connectivity index (χ0n) is 8.93. The van der Waals surface area contributed by atoms with Gasteiger partial charge in [-0.25, -0.2) is 0 Å². The highest BCUT2D eigenvalue weighted by Crippen LogP contribution is 2.44. The van der Waals surface area contributed by atoms with E-state index in [2.05, 4.69) is 19.1 Å². The third-order valence-corrected chi connectivity index (χ3v) is 3.81. The number of fused-ring (bicyclic) bond motifs is 2. The maximum Gasteiger partial charge on any atom is 0.159 e. The molecule has 4 atom stereocenters. The summed E-state index contributed by atoms with van der Waals surface area (Å²) in [6, 6.07) is 0. The number of allylic oxidation sites excluding steroid dienone is 4. The summed E-state index contributed by atoms with van der Waals surface area (Å²) in [5, 5.41) is 0. The van der Waals surface area contributed by atoms with E-state index in [4.69, 9.17) is 0 Å². The van der Waals surface area contributed by atoms with Crippen LogP contribution in [0.15, 0.2) is 24.3 Å². The van der Waals surface area contributed by atoms with Crippen LogP contribution in [-0.2, 0) is 9.59 Å². The van der Waals surface area contributed by atoms with Crippen LogP contribution in [0.2, 0.25) is 0 Å². The van der Waals surface area contributed by atoms with E-state index < -0.39 is 0 Å². The largest absolute Gasteiger partial charge is 0.299 e. The van der Waals surface area contributed by atoms with Gasteiger partial charge in [0, 0.05) is 5.92 Å². The average Bonchev–Trinajstić information content (AvgIpc) is 2.27. The number of carbonyl (C=O) groups excluding carboxylic acids is 2. The van der Waals surface area contributed by atoms with Gasteiger partial charge >= 0.3 is 0 Å². The molecule has 0 aliphatic heterocycles. The highest BCUT2D eigenvalue weighted by Gasteiger charge is 2.40. The molecule has 0 radical (unpaired) electrons. The highest BCUT2D eigenvalue weighted by atomic mass is 16.1. The molecule has 0 heterocycles. The van der Waals surface area contributed by atoms with Gasteiger partial charge in [0.1, 0.15) is 6.29 Å². The molecule has 3 rings (SSSR count). The van der Waals surface area contributed by atoms with Crippen molar-refractivity contribution in [2.75, 3.05) is 0 Å². The Morgan fingerprint density at radius 2 is 1.93 bits per heavy atom. The summed E-state index contributed by atoms with van der Waals surface area (Å²) in [5.41, 5.74) is 0. The van der Waals surface area contributed by atoms with Crippen molar-refractivity contribution in [1.82, 2.24) is 0 Å². The average molecular weight is 204 g/mol. The van der Waals surface area contributed by atoms with Gasteiger partial charge in [-0.1, -0.05) is 19.1 Å². The minimum Gasteiger partial charge on any atom is -0.299 e. The van der Waals surface area contributed by atoms with Gasteiger partial charge < -0.3 is 0 Å². The molecule has 15 heavy (non-hydrogen) atoms. The van der Waals surface area contributed by atoms with Gasteiger partial charge in [-0.15, -0.1) is 0 Å². The highest BCUT2D eigenvalue weighted by molar-refractivity contribution is 5.95. The molecule has 3 aliphatic rings. The predicted molar refractivity (Wildman–Crippen MR) is 58.2 cm³/mol. The van der Waals surface area contributed by atoms with E-state index >= 15 is 0 Å². The Morgan fingerprint density at radius 1 is 1.27 bits per heavy atom. The quantitative estimate of drug-likeness (QED) is 0.401. The van der Waals surface area contributed by atoms with Gasteiger partial charge in [0.2, 0.25) is 0 Å². The molecular weight excluding hydrogens is 188 g/mol. The molecule has 80 valence electrons. The first-order chi connectivity index (χ1) is 7.24. The first-order valence-electron chi connectivity index (χ1n) is 5.58. The molecule has 1 saturated carbocycles. The van der Waals surface area contributed by atoms with E-state index in [1.807, 2.05) is 0 Å². The second kappa shape index (κ2) is 4.13. The number of aldehydes is 1. The van der Waals surface area contributed by atoms with Crippen LogP contribution in [0.5, 0.6) is 0 Å². The van der Waals surface area contributed by atoms with Crippen LogP contribution in [-0.4, -0.2) is 12.1 Å². The van der Waals surface area contributed by atoms with E-state index in [1.165, 1.54) is 18.6 Å². The first-order valence-corrected chi connectivity index (χ1v) is 5.58. The number of hydrogen-bond donors (Lipinski definition) is 0.